The Bertz CT molecular complexity index is 796. The van der Waals surface area contributed by atoms with Crippen molar-refractivity contribution in [2.75, 3.05) is 23.3 Å². The summed E-state index contributed by atoms with van der Waals surface area (Å²) in [7, 11) is 0. The molecule has 1 aliphatic rings. The number of hydrogen-bond donors (Lipinski definition) is 1. The molecule has 0 saturated carbocycles. The Kier molecular flexibility index (Phi) is 5.14. The third kappa shape index (κ3) is 4.23. The fraction of sp³-hybridized carbons (Fsp3) is 0.333. The molecule has 134 valence electrons. The molecule has 0 aliphatic carbocycles. The summed E-state index contributed by atoms with van der Waals surface area (Å²) in [5.74, 6) is 3.28. The van der Waals surface area contributed by atoms with Crippen molar-refractivity contribution < 1.29 is 4.42 Å². The highest BCUT2D eigenvalue weighted by Crippen LogP contribution is 2.25. The molecule has 1 N–H and O–H groups in total. The van der Waals surface area contributed by atoms with Crippen LogP contribution in [0, 0.1) is 5.92 Å². The van der Waals surface area contributed by atoms with Crippen molar-refractivity contribution in [3.8, 4) is 0 Å². The van der Waals surface area contributed by atoms with Crippen LogP contribution in [-0.2, 0) is 13.0 Å². The molecule has 3 heterocycles. The van der Waals surface area contributed by atoms with E-state index in [1.807, 2.05) is 24.4 Å². The Hall–Kier alpha value is -2.82. The van der Waals surface area contributed by atoms with Gasteiger partial charge in [-0.15, -0.1) is 0 Å². The Balaban J connectivity index is 1.32. The monoisotopic (exact) mass is 348 g/mol. The SMILES string of the molecule is c1ccc(CC2CCN(c3ccnc(NCc4ccco4)n3)CC2)cc1. The van der Waals surface area contributed by atoms with Crippen LogP contribution in [-0.4, -0.2) is 23.1 Å². The number of anilines is 2. The van der Waals surface area contributed by atoms with Crippen LogP contribution in [0.1, 0.15) is 24.2 Å². The predicted octanol–water partition coefficient (Wildman–Crippen LogP) is 4.14. The molecule has 0 atom stereocenters. The lowest BCUT2D eigenvalue weighted by Crippen LogP contribution is -2.35. The van der Waals surface area contributed by atoms with E-state index in [4.69, 9.17) is 4.42 Å². The highest BCUT2D eigenvalue weighted by atomic mass is 16.3. The molecule has 1 aliphatic heterocycles. The molecule has 0 bridgehead atoms. The summed E-state index contributed by atoms with van der Waals surface area (Å²) in [6.45, 7) is 2.69. The lowest BCUT2D eigenvalue weighted by molar-refractivity contribution is 0.402. The number of furan rings is 1. The molecule has 0 spiro atoms. The number of hydrogen-bond acceptors (Lipinski definition) is 5. The summed E-state index contributed by atoms with van der Waals surface area (Å²) in [5, 5.41) is 3.23. The fourth-order valence-corrected chi connectivity index (χ4v) is 3.50. The molecular formula is C21H24N4O. The third-order valence-corrected chi connectivity index (χ3v) is 4.95. The molecule has 2 aromatic heterocycles. The molecule has 3 aromatic rings. The topological polar surface area (TPSA) is 54.2 Å². The first-order chi connectivity index (χ1) is 12.9. The largest absolute Gasteiger partial charge is 0.467 e. The average molecular weight is 348 g/mol. The van der Waals surface area contributed by atoms with Gasteiger partial charge in [0.15, 0.2) is 0 Å². The quantitative estimate of drug-likeness (QED) is 0.725. The van der Waals surface area contributed by atoms with Gasteiger partial charge >= 0.3 is 0 Å². The number of nitrogens with one attached hydrogen (secondary N) is 1. The van der Waals surface area contributed by atoms with E-state index < -0.39 is 0 Å². The molecule has 1 saturated heterocycles. The molecule has 5 heteroatoms. The van der Waals surface area contributed by atoms with Gasteiger partial charge in [0.05, 0.1) is 12.8 Å². The molecule has 0 amide bonds. The van der Waals surface area contributed by atoms with Gasteiger partial charge in [-0.05, 0) is 48.9 Å². The number of benzene rings is 1. The van der Waals surface area contributed by atoms with Crippen molar-refractivity contribution in [3.05, 3.63) is 72.3 Å². The summed E-state index contributed by atoms with van der Waals surface area (Å²) in [6, 6.07) is 16.6. The van der Waals surface area contributed by atoms with Crippen molar-refractivity contribution in [3.63, 3.8) is 0 Å². The summed E-state index contributed by atoms with van der Waals surface area (Å²) in [4.78, 5) is 11.3. The van der Waals surface area contributed by atoms with E-state index in [-0.39, 0.29) is 0 Å². The predicted molar refractivity (Wildman–Crippen MR) is 103 cm³/mol. The van der Waals surface area contributed by atoms with E-state index >= 15 is 0 Å². The van der Waals surface area contributed by atoms with Crippen molar-refractivity contribution in [1.29, 1.82) is 0 Å². The van der Waals surface area contributed by atoms with Gasteiger partial charge in [0.25, 0.3) is 0 Å². The molecule has 1 aromatic carbocycles. The van der Waals surface area contributed by atoms with Crippen LogP contribution in [0.2, 0.25) is 0 Å². The maximum Gasteiger partial charge on any atom is 0.224 e. The van der Waals surface area contributed by atoms with E-state index in [2.05, 4.69) is 50.5 Å². The van der Waals surface area contributed by atoms with Crippen LogP contribution in [0.3, 0.4) is 0 Å². The smallest absolute Gasteiger partial charge is 0.224 e. The average Bonchev–Trinajstić information content (AvgIpc) is 3.22. The summed E-state index contributed by atoms with van der Waals surface area (Å²) in [6.07, 6.45) is 7.08. The molecule has 0 unspecified atom stereocenters. The van der Waals surface area contributed by atoms with E-state index in [9.17, 15) is 0 Å². The standard InChI is InChI=1S/C21H24N4O/c1-2-5-17(6-3-1)15-18-9-12-25(13-10-18)20-8-11-22-21(24-20)23-16-19-7-4-14-26-19/h1-8,11,14,18H,9-10,12-13,15-16H2,(H,22,23,24). The second-order valence-electron chi connectivity index (χ2n) is 6.79. The highest BCUT2D eigenvalue weighted by Gasteiger charge is 2.20. The fourth-order valence-electron chi connectivity index (χ4n) is 3.50. The van der Waals surface area contributed by atoms with Gasteiger partial charge in [0, 0.05) is 19.3 Å². The van der Waals surface area contributed by atoms with E-state index in [1.165, 1.54) is 24.8 Å². The zero-order valence-corrected chi connectivity index (χ0v) is 14.8. The van der Waals surface area contributed by atoms with Crippen LogP contribution in [0.25, 0.3) is 0 Å². The summed E-state index contributed by atoms with van der Waals surface area (Å²) in [5.41, 5.74) is 1.44. The normalized spacial score (nSPS) is 15.2. The first-order valence-electron chi connectivity index (χ1n) is 9.25. The molecule has 0 radical (unpaired) electrons. The first-order valence-corrected chi connectivity index (χ1v) is 9.25. The van der Waals surface area contributed by atoms with E-state index in [1.54, 1.807) is 6.26 Å². The Labute approximate surface area is 154 Å². The minimum Gasteiger partial charge on any atom is -0.467 e. The van der Waals surface area contributed by atoms with Crippen molar-refractivity contribution in [1.82, 2.24) is 9.97 Å². The zero-order chi connectivity index (χ0) is 17.6. The molecule has 26 heavy (non-hydrogen) atoms. The van der Waals surface area contributed by atoms with Crippen LogP contribution in [0.4, 0.5) is 11.8 Å². The Morgan fingerprint density at radius 3 is 2.65 bits per heavy atom. The summed E-state index contributed by atoms with van der Waals surface area (Å²) >= 11 is 0. The zero-order valence-electron chi connectivity index (χ0n) is 14.8. The van der Waals surface area contributed by atoms with Gasteiger partial charge in [-0.3, -0.25) is 0 Å². The van der Waals surface area contributed by atoms with Gasteiger partial charge in [0.2, 0.25) is 5.95 Å². The second-order valence-corrected chi connectivity index (χ2v) is 6.79. The number of nitrogens with zero attached hydrogens (tertiary/aromatic N) is 3. The van der Waals surface area contributed by atoms with Gasteiger partial charge in [-0.1, -0.05) is 30.3 Å². The molecular weight excluding hydrogens is 324 g/mol. The lowest BCUT2D eigenvalue weighted by Gasteiger charge is -2.33. The minimum atomic E-state index is 0.593. The molecule has 1 fully saturated rings. The molecule has 4 rings (SSSR count). The Morgan fingerprint density at radius 2 is 1.88 bits per heavy atom. The molecule has 5 nitrogen and oxygen atoms in total. The van der Waals surface area contributed by atoms with E-state index in [0.717, 1.165) is 30.6 Å². The first kappa shape index (κ1) is 16.6. The second kappa shape index (κ2) is 8.04. The number of aromatic nitrogens is 2. The van der Waals surface area contributed by atoms with Gasteiger partial charge < -0.3 is 14.6 Å². The maximum absolute atomic E-state index is 5.33. The van der Waals surface area contributed by atoms with Gasteiger partial charge in [-0.2, -0.15) is 4.98 Å². The number of rotatable bonds is 6. The lowest BCUT2D eigenvalue weighted by atomic mass is 9.90. The van der Waals surface area contributed by atoms with Crippen molar-refractivity contribution in [2.24, 2.45) is 5.92 Å². The van der Waals surface area contributed by atoms with Crippen LogP contribution in [0.15, 0.2) is 65.4 Å². The van der Waals surface area contributed by atoms with Crippen molar-refractivity contribution >= 4 is 11.8 Å². The maximum atomic E-state index is 5.33. The Morgan fingerprint density at radius 1 is 1.04 bits per heavy atom. The van der Waals surface area contributed by atoms with Gasteiger partial charge in [0.1, 0.15) is 11.6 Å². The third-order valence-electron chi connectivity index (χ3n) is 4.95. The highest BCUT2D eigenvalue weighted by molar-refractivity contribution is 5.43. The number of piperidine rings is 1. The van der Waals surface area contributed by atoms with Crippen molar-refractivity contribution in [2.45, 2.75) is 25.8 Å². The van der Waals surface area contributed by atoms with Crippen LogP contribution >= 0.6 is 0 Å². The summed E-state index contributed by atoms with van der Waals surface area (Å²) < 4.78 is 5.33. The van der Waals surface area contributed by atoms with Crippen LogP contribution in [0.5, 0.6) is 0 Å². The van der Waals surface area contributed by atoms with E-state index in [0.29, 0.717) is 12.5 Å². The van der Waals surface area contributed by atoms with Crippen LogP contribution < -0.4 is 10.2 Å². The van der Waals surface area contributed by atoms with Gasteiger partial charge in [-0.25, -0.2) is 4.98 Å². The minimum absolute atomic E-state index is 0.593.